The number of amides is 1. The van der Waals surface area contributed by atoms with Crippen molar-refractivity contribution in [1.29, 1.82) is 0 Å². The summed E-state index contributed by atoms with van der Waals surface area (Å²) in [5, 5.41) is 13.5. The van der Waals surface area contributed by atoms with E-state index in [1.807, 2.05) is 0 Å². The third-order valence-corrected chi connectivity index (χ3v) is 1.65. The van der Waals surface area contributed by atoms with Gasteiger partial charge in [-0.2, -0.15) is 0 Å². The molecule has 1 aliphatic heterocycles. The molecule has 13 heavy (non-hydrogen) atoms. The first-order valence-electron chi connectivity index (χ1n) is 4.01. The molecule has 1 atom stereocenters. The van der Waals surface area contributed by atoms with Crippen molar-refractivity contribution >= 4 is 11.9 Å². The molecule has 1 rings (SSSR count). The van der Waals surface area contributed by atoms with Gasteiger partial charge in [0.1, 0.15) is 12.6 Å². The molecule has 1 amide bonds. The van der Waals surface area contributed by atoms with E-state index in [1.54, 1.807) is 0 Å². The predicted molar refractivity (Wildman–Crippen MR) is 43.3 cm³/mol. The second kappa shape index (κ2) is 4.78. The molecule has 0 radical (unpaired) electrons. The number of hydrogen-bond donors (Lipinski definition) is 3. The third-order valence-electron chi connectivity index (χ3n) is 1.65. The Morgan fingerprint density at radius 1 is 1.62 bits per heavy atom. The second-order valence-electron chi connectivity index (χ2n) is 2.69. The van der Waals surface area contributed by atoms with Gasteiger partial charge in [-0.25, -0.2) is 0 Å². The maximum Gasteiger partial charge on any atom is 0.322 e. The molecule has 0 aromatic carbocycles. The van der Waals surface area contributed by atoms with Gasteiger partial charge in [-0.15, -0.1) is 0 Å². The molecule has 0 saturated carbocycles. The highest BCUT2D eigenvalue weighted by molar-refractivity contribution is 5.85. The van der Waals surface area contributed by atoms with Crippen molar-refractivity contribution in [3.8, 4) is 0 Å². The maximum atomic E-state index is 11.2. The molecule has 6 heteroatoms. The smallest absolute Gasteiger partial charge is 0.322 e. The molecule has 74 valence electrons. The van der Waals surface area contributed by atoms with Crippen LogP contribution in [0.15, 0.2) is 0 Å². The van der Waals surface area contributed by atoms with E-state index in [2.05, 4.69) is 10.6 Å². The Bertz CT molecular complexity index is 201. The Hall–Kier alpha value is -1.14. The minimum absolute atomic E-state index is 0.297. The summed E-state index contributed by atoms with van der Waals surface area (Å²) in [6.45, 7) is 1.15. The van der Waals surface area contributed by atoms with Gasteiger partial charge < -0.3 is 20.5 Å². The summed E-state index contributed by atoms with van der Waals surface area (Å²) in [5.41, 5.74) is 0. The van der Waals surface area contributed by atoms with Crippen LogP contribution >= 0.6 is 0 Å². The SMILES string of the molecule is O=C(O)CNC(=O)[C@@H]1COCCN1. The molecule has 0 unspecified atom stereocenters. The van der Waals surface area contributed by atoms with Gasteiger partial charge in [0.15, 0.2) is 0 Å². The fraction of sp³-hybridized carbons (Fsp3) is 0.714. The Labute approximate surface area is 75.3 Å². The van der Waals surface area contributed by atoms with Crippen molar-refractivity contribution in [2.75, 3.05) is 26.3 Å². The Morgan fingerprint density at radius 3 is 2.92 bits per heavy atom. The van der Waals surface area contributed by atoms with Gasteiger partial charge in [0.25, 0.3) is 0 Å². The van der Waals surface area contributed by atoms with Gasteiger partial charge in [-0.05, 0) is 0 Å². The minimum Gasteiger partial charge on any atom is -0.480 e. The van der Waals surface area contributed by atoms with Crippen LogP contribution in [0.2, 0.25) is 0 Å². The van der Waals surface area contributed by atoms with Crippen LogP contribution in [0.1, 0.15) is 0 Å². The first kappa shape index (κ1) is 9.94. The Kier molecular flexibility index (Phi) is 3.66. The number of nitrogens with one attached hydrogen (secondary N) is 2. The highest BCUT2D eigenvalue weighted by atomic mass is 16.5. The zero-order chi connectivity index (χ0) is 9.68. The summed E-state index contributed by atoms with van der Waals surface area (Å²) in [6, 6.07) is -0.423. The zero-order valence-electron chi connectivity index (χ0n) is 7.08. The van der Waals surface area contributed by atoms with Crippen LogP contribution in [0.3, 0.4) is 0 Å². The van der Waals surface area contributed by atoms with Crippen LogP contribution in [0.4, 0.5) is 0 Å². The number of carbonyl (C=O) groups excluding carboxylic acids is 1. The Balaban J connectivity index is 2.25. The van der Waals surface area contributed by atoms with Crippen LogP contribution in [0.25, 0.3) is 0 Å². The van der Waals surface area contributed by atoms with Crippen LogP contribution in [-0.4, -0.2) is 49.3 Å². The topological polar surface area (TPSA) is 87.7 Å². The van der Waals surface area contributed by atoms with Crippen LogP contribution in [-0.2, 0) is 14.3 Å². The second-order valence-corrected chi connectivity index (χ2v) is 2.69. The summed E-state index contributed by atoms with van der Waals surface area (Å²) < 4.78 is 5.04. The summed E-state index contributed by atoms with van der Waals surface area (Å²) >= 11 is 0. The predicted octanol–water partition coefficient (Wildman–Crippen LogP) is -1.82. The number of aliphatic carboxylic acids is 1. The highest BCUT2D eigenvalue weighted by Crippen LogP contribution is 1.92. The molecule has 0 spiro atoms. The quantitative estimate of drug-likeness (QED) is 0.485. The molecule has 3 N–H and O–H groups in total. The van der Waals surface area contributed by atoms with Crippen molar-refractivity contribution < 1.29 is 19.4 Å². The lowest BCUT2D eigenvalue weighted by molar-refractivity contribution is -0.138. The van der Waals surface area contributed by atoms with Crippen molar-refractivity contribution in [2.24, 2.45) is 0 Å². The number of carboxylic acids is 1. The fourth-order valence-electron chi connectivity index (χ4n) is 1.02. The van der Waals surface area contributed by atoms with Gasteiger partial charge in [-0.1, -0.05) is 0 Å². The van der Waals surface area contributed by atoms with E-state index in [0.717, 1.165) is 0 Å². The van der Waals surface area contributed by atoms with Crippen molar-refractivity contribution in [3.05, 3.63) is 0 Å². The average Bonchev–Trinajstić information content (AvgIpc) is 2.15. The lowest BCUT2D eigenvalue weighted by atomic mass is 10.2. The van der Waals surface area contributed by atoms with Crippen molar-refractivity contribution in [3.63, 3.8) is 0 Å². The van der Waals surface area contributed by atoms with E-state index < -0.39 is 12.0 Å². The summed E-state index contributed by atoms with van der Waals surface area (Å²) in [5.74, 6) is -1.38. The number of hydrogen-bond acceptors (Lipinski definition) is 4. The van der Waals surface area contributed by atoms with Gasteiger partial charge in [0.2, 0.25) is 5.91 Å². The van der Waals surface area contributed by atoms with Gasteiger partial charge in [0.05, 0.1) is 13.2 Å². The lowest BCUT2D eigenvalue weighted by Gasteiger charge is -2.22. The first-order valence-corrected chi connectivity index (χ1v) is 4.01. The van der Waals surface area contributed by atoms with Gasteiger partial charge in [-0.3, -0.25) is 9.59 Å². The molecule has 1 aliphatic rings. The molecule has 1 fully saturated rings. The molecule has 1 heterocycles. The maximum absolute atomic E-state index is 11.2. The number of carbonyl (C=O) groups is 2. The van der Waals surface area contributed by atoms with E-state index >= 15 is 0 Å². The van der Waals surface area contributed by atoms with E-state index in [-0.39, 0.29) is 12.5 Å². The van der Waals surface area contributed by atoms with Gasteiger partial charge >= 0.3 is 5.97 Å². The molecule has 0 aromatic heterocycles. The van der Waals surface area contributed by atoms with Crippen LogP contribution < -0.4 is 10.6 Å². The number of ether oxygens (including phenoxy) is 1. The Morgan fingerprint density at radius 2 is 2.38 bits per heavy atom. The molecule has 1 saturated heterocycles. The first-order chi connectivity index (χ1) is 6.20. The van der Waals surface area contributed by atoms with E-state index in [1.165, 1.54) is 0 Å². The molecule has 0 aromatic rings. The fourth-order valence-corrected chi connectivity index (χ4v) is 1.02. The number of carboxylic acid groups (broad SMARTS) is 1. The lowest BCUT2D eigenvalue weighted by Crippen LogP contribution is -2.51. The normalized spacial score (nSPS) is 22.3. The number of morpholine rings is 1. The minimum atomic E-state index is -1.05. The van der Waals surface area contributed by atoms with Crippen molar-refractivity contribution in [1.82, 2.24) is 10.6 Å². The number of rotatable bonds is 3. The summed E-state index contributed by atoms with van der Waals surface area (Å²) in [4.78, 5) is 21.3. The van der Waals surface area contributed by atoms with Crippen LogP contribution in [0.5, 0.6) is 0 Å². The summed E-state index contributed by atoms with van der Waals surface area (Å²) in [6.07, 6.45) is 0. The molecule has 0 bridgehead atoms. The monoisotopic (exact) mass is 188 g/mol. The van der Waals surface area contributed by atoms with Crippen LogP contribution in [0, 0.1) is 0 Å². The molecular weight excluding hydrogens is 176 g/mol. The largest absolute Gasteiger partial charge is 0.480 e. The molecule has 6 nitrogen and oxygen atoms in total. The third kappa shape index (κ3) is 3.39. The molecular formula is C7H12N2O4. The average molecular weight is 188 g/mol. The molecule has 0 aliphatic carbocycles. The highest BCUT2D eigenvalue weighted by Gasteiger charge is 2.20. The standard InChI is InChI=1S/C7H12N2O4/c10-6(11)3-9-7(12)5-4-13-2-1-8-5/h5,8H,1-4H2,(H,9,12)(H,10,11)/t5-/m0/s1. The van der Waals surface area contributed by atoms with Gasteiger partial charge in [0, 0.05) is 6.54 Å². The van der Waals surface area contributed by atoms with E-state index in [4.69, 9.17) is 9.84 Å². The van der Waals surface area contributed by atoms with Crippen molar-refractivity contribution in [2.45, 2.75) is 6.04 Å². The zero-order valence-corrected chi connectivity index (χ0v) is 7.08. The summed E-state index contributed by atoms with van der Waals surface area (Å²) in [7, 11) is 0. The van der Waals surface area contributed by atoms with E-state index in [0.29, 0.717) is 19.8 Å². The van der Waals surface area contributed by atoms with E-state index in [9.17, 15) is 9.59 Å².